The number of ether oxygens (including phenoxy) is 1. The quantitative estimate of drug-likeness (QED) is 0.844. The third kappa shape index (κ3) is 1.68. The van der Waals surface area contributed by atoms with Gasteiger partial charge in [-0.05, 0) is 22.9 Å². The van der Waals surface area contributed by atoms with E-state index < -0.39 is 0 Å². The number of fused-ring (bicyclic) bond motifs is 1. The molecule has 0 spiro atoms. The maximum Gasteiger partial charge on any atom is 0.0739 e. The van der Waals surface area contributed by atoms with E-state index >= 15 is 0 Å². The van der Waals surface area contributed by atoms with Crippen molar-refractivity contribution in [3.05, 3.63) is 19.8 Å². The molecule has 0 fully saturated rings. The number of hydrogen-bond donors (Lipinski definition) is 1. The van der Waals surface area contributed by atoms with Crippen molar-refractivity contribution in [1.29, 1.82) is 0 Å². The minimum atomic E-state index is 0.116. The van der Waals surface area contributed by atoms with Crippen molar-refractivity contribution in [2.75, 3.05) is 6.61 Å². The van der Waals surface area contributed by atoms with Gasteiger partial charge in [0.05, 0.1) is 13.2 Å². The molecule has 72 valence electrons. The lowest BCUT2D eigenvalue weighted by atomic mass is 10.1. The summed E-state index contributed by atoms with van der Waals surface area (Å²) in [5.41, 5.74) is 7.18. The lowest BCUT2D eigenvalue weighted by Crippen LogP contribution is -2.07. The molecule has 13 heavy (non-hydrogen) atoms. The molecular formula is C9H12BrNOS. The van der Waals surface area contributed by atoms with Gasteiger partial charge in [-0.25, -0.2) is 0 Å². The van der Waals surface area contributed by atoms with Crippen molar-refractivity contribution in [3.8, 4) is 0 Å². The molecule has 0 aliphatic carbocycles. The SMILES string of the molecule is CC(N)c1sc2c(c1Br)COCC2. The van der Waals surface area contributed by atoms with Crippen LogP contribution < -0.4 is 5.73 Å². The summed E-state index contributed by atoms with van der Waals surface area (Å²) in [4.78, 5) is 2.68. The van der Waals surface area contributed by atoms with Crippen LogP contribution in [0.1, 0.15) is 28.3 Å². The van der Waals surface area contributed by atoms with E-state index in [0.29, 0.717) is 0 Å². The van der Waals surface area contributed by atoms with E-state index in [-0.39, 0.29) is 6.04 Å². The third-order valence-electron chi connectivity index (χ3n) is 2.18. The highest BCUT2D eigenvalue weighted by Crippen LogP contribution is 2.38. The van der Waals surface area contributed by atoms with Gasteiger partial charge in [0.1, 0.15) is 0 Å². The molecule has 2 nitrogen and oxygen atoms in total. The second-order valence-corrected chi connectivity index (χ2v) is 5.20. The van der Waals surface area contributed by atoms with Gasteiger partial charge in [-0.2, -0.15) is 0 Å². The summed E-state index contributed by atoms with van der Waals surface area (Å²) in [5.74, 6) is 0. The predicted octanol–water partition coefficient (Wildman–Crippen LogP) is 2.60. The zero-order valence-corrected chi connectivity index (χ0v) is 9.87. The molecule has 1 aliphatic heterocycles. The van der Waals surface area contributed by atoms with Crippen molar-refractivity contribution in [2.45, 2.75) is 26.0 Å². The van der Waals surface area contributed by atoms with Gasteiger partial charge in [0.15, 0.2) is 0 Å². The molecule has 0 aromatic carbocycles. The maximum atomic E-state index is 5.87. The Labute approximate surface area is 90.2 Å². The van der Waals surface area contributed by atoms with Crippen LogP contribution in [0.15, 0.2) is 4.47 Å². The molecule has 1 atom stereocenters. The first kappa shape index (κ1) is 9.65. The summed E-state index contributed by atoms with van der Waals surface area (Å²) < 4.78 is 6.57. The lowest BCUT2D eigenvalue weighted by molar-refractivity contribution is 0.111. The number of rotatable bonds is 1. The number of nitrogens with two attached hydrogens (primary N) is 1. The average molecular weight is 262 g/mol. The van der Waals surface area contributed by atoms with Crippen LogP contribution in [0.4, 0.5) is 0 Å². The Morgan fingerprint density at radius 1 is 1.62 bits per heavy atom. The lowest BCUT2D eigenvalue weighted by Gasteiger charge is -2.11. The molecule has 1 unspecified atom stereocenters. The Hall–Kier alpha value is 0.1000. The van der Waals surface area contributed by atoms with Crippen LogP contribution in [-0.4, -0.2) is 6.61 Å². The fourth-order valence-corrected chi connectivity index (χ4v) is 3.71. The van der Waals surface area contributed by atoms with Gasteiger partial charge in [0, 0.05) is 32.3 Å². The fourth-order valence-electron chi connectivity index (χ4n) is 1.49. The van der Waals surface area contributed by atoms with Crippen molar-refractivity contribution >= 4 is 27.3 Å². The van der Waals surface area contributed by atoms with E-state index in [4.69, 9.17) is 10.5 Å². The van der Waals surface area contributed by atoms with E-state index in [1.54, 1.807) is 0 Å². The molecule has 0 bridgehead atoms. The van der Waals surface area contributed by atoms with Crippen LogP contribution >= 0.6 is 27.3 Å². The molecule has 0 radical (unpaired) electrons. The van der Waals surface area contributed by atoms with E-state index in [1.165, 1.54) is 19.8 Å². The van der Waals surface area contributed by atoms with Gasteiger partial charge < -0.3 is 10.5 Å². The first-order valence-corrected chi connectivity index (χ1v) is 5.94. The minimum absolute atomic E-state index is 0.116. The van der Waals surface area contributed by atoms with Crippen molar-refractivity contribution in [2.24, 2.45) is 5.73 Å². The summed E-state index contributed by atoms with van der Waals surface area (Å²) in [6, 6.07) is 0.116. The number of hydrogen-bond acceptors (Lipinski definition) is 3. The molecule has 0 saturated carbocycles. The monoisotopic (exact) mass is 261 g/mol. The molecule has 0 saturated heterocycles. The molecule has 4 heteroatoms. The highest BCUT2D eigenvalue weighted by molar-refractivity contribution is 9.10. The Balaban J connectivity index is 2.44. The largest absolute Gasteiger partial charge is 0.376 e. The molecule has 1 aromatic rings. The number of thiophene rings is 1. The van der Waals surface area contributed by atoms with Crippen molar-refractivity contribution in [3.63, 3.8) is 0 Å². The minimum Gasteiger partial charge on any atom is -0.376 e. The number of halogens is 1. The molecule has 1 aliphatic rings. The zero-order valence-electron chi connectivity index (χ0n) is 7.47. The van der Waals surface area contributed by atoms with Crippen LogP contribution in [0, 0.1) is 0 Å². The second-order valence-electron chi connectivity index (χ2n) is 3.27. The summed E-state index contributed by atoms with van der Waals surface area (Å²) >= 11 is 5.41. The van der Waals surface area contributed by atoms with E-state index in [9.17, 15) is 0 Å². The van der Waals surface area contributed by atoms with Crippen LogP contribution in [0.25, 0.3) is 0 Å². The summed E-state index contributed by atoms with van der Waals surface area (Å²) in [6.45, 7) is 3.60. The van der Waals surface area contributed by atoms with Gasteiger partial charge in [-0.1, -0.05) is 0 Å². The summed E-state index contributed by atoms with van der Waals surface area (Å²) in [5, 5.41) is 0. The highest BCUT2D eigenvalue weighted by atomic mass is 79.9. The Morgan fingerprint density at radius 2 is 2.38 bits per heavy atom. The highest BCUT2D eigenvalue weighted by Gasteiger charge is 2.20. The van der Waals surface area contributed by atoms with Gasteiger partial charge in [-0.15, -0.1) is 11.3 Å². The van der Waals surface area contributed by atoms with Crippen LogP contribution in [-0.2, 0) is 17.8 Å². The molecule has 2 rings (SSSR count). The first-order valence-electron chi connectivity index (χ1n) is 4.33. The predicted molar refractivity (Wildman–Crippen MR) is 58.0 cm³/mol. The third-order valence-corrected chi connectivity index (χ3v) is 4.85. The molecular weight excluding hydrogens is 250 g/mol. The van der Waals surface area contributed by atoms with Gasteiger partial charge in [-0.3, -0.25) is 0 Å². The fraction of sp³-hybridized carbons (Fsp3) is 0.556. The topological polar surface area (TPSA) is 35.2 Å². The molecule has 0 amide bonds. The molecule has 2 N–H and O–H groups in total. The van der Waals surface area contributed by atoms with Crippen LogP contribution in [0.3, 0.4) is 0 Å². The second kappa shape index (κ2) is 3.69. The Kier molecular flexibility index (Phi) is 2.74. The normalized spacial score (nSPS) is 18.4. The molecule has 1 aromatic heterocycles. The average Bonchev–Trinajstić information content (AvgIpc) is 2.45. The maximum absolute atomic E-state index is 5.87. The van der Waals surface area contributed by atoms with Gasteiger partial charge in [0.25, 0.3) is 0 Å². The first-order chi connectivity index (χ1) is 6.20. The van der Waals surface area contributed by atoms with Crippen molar-refractivity contribution in [1.82, 2.24) is 0 Å². The van der Waals surface area contributed by atoms with E-state index in [0.717, 1.165) is 19.6 Å². The molecule has 2 heterocycles. The smallest absolute Gasteiger partial charge is 0.0739 e. The standard InChI is InChI=1S/C9H12BrNOS/c1-5(11)9-8(10)6-4-12-3-2-7(6)13-9/h5H,2-4,11H2,1H3. The van der Waals surface area contributed by atoms with E-state index in [2.05, 4.69) is 15.9 Å². The van der Waals surface area contributed by atoms with Crippen LogP contribution in [0.5, 0.6) is 0 Å². The Morgan fingerprint density at radius 3 is 3.00 bits per heavy atom. The van der Waals surface area contributed by atoms with Gasteiger partial charge >= 0.3 is 0 Å². The Bertz CT molecular complexity index is 322. The van der Waals surface area contributed by atoms with Gasteiger partial charge in [0.2, 0.25) is 0 Å². The van der Waals surface area contributed by atoms with E-state index in [1.807, 2.05) is 18.3 Å². The van der Waals surface area contributed by atoms with Crippen LogP contribution in [0.2, 0.25) is 0 Å². The summed E-state index contributed by atoms with van der Waals surface area (Å²) in [7, 11) is 0. The zero-order chi connectivity index (χ0) is 9.42. The van der Waals surface area contributed by atoms with Crippen molar-refractivity contribution < 1.29 is 4.74 Å². The summed E-state index contributed by atoms with van der Waals surface area (Å²) in [6.07, 6.45) is 1.03.